The van der Waals surface area contributed by atoms with Crippen molar-refractivity contribution in [3.05, 3.63) is 35.4 Å². The van der Waals surface area contributed by atoms with Gasteiger partial charge in [0, 0.05) is 31.8 Å². The predicted molar refractivity (Wildman–Crippen MR) is 77.6 cm³/mol. The molecule has 3 rings (SSSR count). The smallest absolute Gasteiger partial charge is 0.254 e. The van der Waals surface area contributed by atoms with Crippen molar-refractivity contribution >= 4 is 5.91 Å². The molecule has 1 N–H and O–H groups in total. The quantitative estimate of drug-likeness (QED) is 0.879. The molecule has 4 heteroatoms. The van der Waals surface area contributed by atoms with Gasteiger partial charge in [0.2, 0.25) is 0 Å². The van der Waals surface area contributed by atoms with Crippen LogP contribution < -0.4 is 0 Å². The van der Waals surface area contributed by atoms with E-state index in [4.69, 9.17) is 0 Å². The van der Waals surface area contributed by atoms with E-state index in [0.717, 1.165) is 37.2 Å². The summed E-state index contributed by atoms with van der Waals surface area (Å²) in [7, 11) is 2.10. The SMILES string of the molecule is Cc1ccccc1C(=O)N1CC2(C[C@@H](CO)CN2C)C1. The third-order valence-corrected chi connectivity index (χ3v) is 4.90. The Kier molecular flexibility index (Phi) is 3.30. The molecular weight excluding hydrogens is 252 g/mol. The van der Waals surface area contributed by atoms with Crippen molar-refractivity contribution in [2.75, 3.05) is 33.3 Å². The van der Waals surface area contributed by atoms with E-state index in [1.54, 1.807) is 0 Å². The average molecular weight is 274 g/mol. The number of carbonyl (C=O) groups is 1. The van der Waals surface area contributed by atoms with Crippen LogP contribution in [0.15, 0.2) is 24.3 Å². The second-order valence-electron chi connectivity index (χ2n) is 6.33. The molecule has 0 bridgehead atoms. The zero-order valence-corrected chi connectivity index (χ0v) is 12.2. The van der Waals surface area contributed by atoms with Crippen molar-refractivity contribution in [2.45, 2.75) is 18.9 Å². The summed E-state index contributed by atoms with van der Waals surface area (Å²) in [6, 6.07) is 7.75. The highest BCUT2D eigenvalue weighted by molar-refractivity contribution is 5.96. The van der Waals surface area contributed by atoms with Gasteiger partial charge in [0.15, 0.2) is 0 Å². The van der Waals surface area contributed by atoms with E-state index in [1.165, 1.54) is 0 Å². The van der Waals surface area contributed by atoms with Crippen molar-refractivity contribution in [3.63, 3.8) is 0 Å². The molecule has 0 aliphatic carbocycles. The number of rotatable bonds is 2. The van der Waals surface area contributed by atoms with Crippen LogP contribution in [0, 0.1) is 12.8 Å². The lowest BCUT2D eigenvalue weighted by Crippen LogP contribution is -2.68. The lowest BCUT2D eigenvalue weighted by molar-refractivity contribution is -0.00779. The minimum Gasteiger partial charge on any atom is -0.396 e. The number of hydrogen-bond donors (Lipinski definition) is 1. The van der Waals surface area contributed by atoms with Crippen LogP contribution in [-0.2, 0) is 0 Å². The second kappa shape index (κ2) is 4.86. The number of nitrogens with zero attached hydrogens (tertiary/aromatic N) is 2. The molecule has 2 aliphatic rings. The molecule has 1 amide bonds. The van der Waals surface area contributed by atoms with Gasteiger partial charge in [-0.1, -0.05) is 18.2 Å². The molecule has 108 valence electrons. The van der Waals surface area contributed by atoms with Gasteiger partial charge >= 0.3 is 0 Å². The lowest BCUT2D eigenvalue weighted by atomic mass is 9.84. The van der Waals surface area contributed by atoms with Crippen LogP contribution in [0.1, 0.15) is 22.3 Å². The standard InChI is InChI=1S/C16H22N2O2/c1-12-5-3-4-6-14(12)15(20)18-10-16(11-18)7-13(9-19)8-17(16)2/h3-6,13,19H,7-11H2,1-2H3/t13-/m1/s1. The highest BCUT2D eigenvalue weighted by Crippen LogP contribution is 2.39. The Labute approximate surface area is 120 Å². The maximum Gasteiger partial charge on any atom is 0.254 e. The van der Waals surface area contributed by atoms with E-state index in [-0.39, 0.29) is 18.1 Å². The van der Waals surface area contributed by atoms with Gasteiger partial charge < -0.3 is 10.0 Å². The molecule has 1 spiro atoms. The number of amides is 1. The molecule has 2 aliphatic heterocycles. The maximum atomic E-state index is 12.5. The Morgan fingerprint density at radius 1 is 1.40 bits per heavy atom. The fraction of sp³-hybridized carbons (Fsp3) is 0.562. The summed E-state index contributed by atoms with van der Waals surface area (Å²) in [5.74, 6) is 0.491. The monoisotopic (exact) mass is 274 g/mol. The van der Waals surface area contributed by atoms with Gasteiger partial charge in [0.1, 0.15) is 0 Å². The number of benzene rings is 1. The fourth-order valence-corrected chi connectivity index (χ4v) is 3.62. The average Bonchev–Trinajstić information content (AvgIpc) is 2.74. The third kappa shape index (κ3) is 2.03. The van der Waals surface area contributed by atoms with Gasteiger partial charge in [-0.2, -0.15) is 0 Å². The Morgan fingerprint density at radius 3 is 2.70 bits per heavy atom. The molecule has 1 aromatic rings. The van der Waals surface area contributed by atoms with Crippen LogP contribution in [0.2, 0.25) is 0 Å². The van der Waals surface area contributed by atoms with Gasteiger partial charge in [-0.3, -0.25) is 9.69 Å². The number of likely N-dealkylation sites (N-methyl/N-ethyl adjacent to an activating group) is 1. The summed E-state index contributed by atoms with van der Waals surface area (Å²) >= 11 is 0. The van der Waals surface area contributed by atoms with Crippen molar-refractivity contribution < 1.29 is 9.90 Å². The number of carbonyl (C=O) groups excluding carboxylic acids is 1. The molecule has 0 aromatic heterocycles. The molecule has 1 aromatic carbocycles. The Balaban J connectivity index is 1.69. The topological polar surface area (TPSA) is 43.8 Å². The fourth-order valence-electron chi connectivity index (χ4n) is 3.62. The molecular formula is C16H22N2O2. The third-order valence-electron chi connectivity index (χ3n) is 4.90. The van der Waals surface area contributed by atoms with E-state index < -0.39 is 0 Å². The van der Waals surface area contributed by atoms with E-state index in [2.05, 4.69) is 11.9 Å². The summed E-state index contributed by atoms with van der Waals surface area (Å²) < 4.78 is 0. The highest BCUT2D eigenvalue weighted by Gasteiger charge is 2.53. The number of aryl methyl sites for hydroxylation is 1. The molecule has 0 unspecified atom stereocenters. The van der Waals surface area contributed by atoms with E-state index in [0.29, 0.717) is 5.92 Å². The molecule has 4 nitrogen and oxygen atoms in total. The molecule has 1 atom stereocenters. The molecule has 2 fully saturated rings. The summed E-state index contributed by atoms with van der Waals surface area (Å²) in [4.78, 5) is 16.7. The first-order chi connectivity index (χ1) is 9.55. The first kappa shape index (κ1) is 13.6. The van der Waals surface area contributed by atoms with Crippen molar-refractivity contribution in [3.8, 4) is 0 Å². The van der Waals surface area contributed by atoms with Crippen molar-refractivity contribution in [2.24, 2.45) is 5.92 Å². The van der Waals surface area contributed by atoms with E-state index in [1.807, 2.05) is 36.1 Å². The van der Waals surface area contributed by atoms with Gasteiger partial charge in [0.25, 0.3) is 5.91 Å². The second-order valence-corrected chi connectivity index (χ2v) is 6.33. The maximum absolute atomic E-state index is 12.5. The van der Waals surface area contributed by atoms with Crippen LogP contribution in [0.3, 0.4) is 0 Å². The zero-order chi connectivity index (χ0) is 14.3. The van der Waals surface area contributed by atoms with Gasteiger partial charge in [-0.15, -0.1) is 0 Å². The van der Waals surface area contributed by atoms with Gasteiger partial charge in [-0.05, 0) is 37.9 Å². The lowest BCUT2D eigenvalue weighted by Gasteiger charge is -2.52. The van der Waals surface area contributed by atoms with E-state index >= 15 is 0 Å². The molecule has 2 heterocycles. The van der Waals surface area contributed by atoms with Crippen LogP contribution >= 0.6 is 0 Å². The normalized spacial score (nSPS) is 24.9. The minimum atomic E-state index is 0.103. The summed E-state index contributed by atoms with van der Waals surface area (Å²) in [6.07, 6.45) is 0.998. The summed E-state index contributed by atoms with van der Waals surface area (Å²) in [5, 5.41) is 9.32. The summed E-state index contributed by atoms with van der Waals surface area (Å²) in [5.41, 5.74) is 1.94. The largest absolute Gasteiger partial charge is 0.396 e. The van der Waals surface area contributed by atoms with Crippen molar-refractivity contribution in [1.82, 2.24) is 9.80 Å². The predicted octanol–water partition coefficient (Wildman–Crippen LogP) is 1.13. The molecule has 20 heavy (non-hydrogen) atoms. The zero-order valence-electron chi connectivity index (χ0n) is 12.2. The van der Waals surface area contributed by atoms with Gasteiger partial charge in [0.05, 0.1) is 5.54 Å². The number of hydrogen-bond acceptors (Lipinski definition) is 3. The number of likely N-dealkylation sites (tertiary alicyclic amines) is 2. The van der Waals surface area contributed by atoms with Crippen LogP contribution in [0.4, 0.5) is 0 Å². The van der Waals surface area contributed by atoms with E-state index in [9.17, 15) is 9.90 Å². The first-order valence-electron chi connectivity index (χ1n) is 7.23. The first-order valence-corrected chi connectivity index (χ1v) is 7.23. The van der Waals surface area contributed by atoms with Gasteiger partial charge in [-0.25, -0.2) is 0 Å². The molecule has 2 saturated heterocycles. The number of aliphatic hydroxyl groups is 1. The highest BCUT2D eigenvalue weighted by atomic mass is 16.3. The Bertz CT molecular complexity index is 523. The Morgan fingerprint density at radius 2 is 2.10 bits per heavy atom. The van der Waals surface area contributed by atoms with Crippen molar-refractivity contribution in [1.29, 1.82) is 0 Å². The Hall–Kier alpha value is -1.39. The molecule has 0 saturated carbocycles. The van der Waals surface area contributed by atoms with Crippen LogP contribution in [0.5, 0.6) is 0 Å². The summed E-state index contributed by atoms with van der Waals surface area (Å²) in [6.45, 7) is 4.73. The number of aliphatic hydroxyl groups excluding tert-OH is 1. The van der Waals surface area contributed by atoms with Crippen LogP contribution in [0.25, 0.3) is 0 Å². The minimum absolute atomic E-state index is 0.103. The molecule has 0 radical (unpaired) electrons. The van der Waals surface area contributed by atoms with Crippen LogP contribution in [-0.4, -0.2) is 59.6 Å².